The average Bonchev–Trinajstić information content (AvgIpc) is 2.80. The van der Waals surface area contributed by atoms with Crippen molar-refractivity contribution in [2.24, 2.45) is 0 Å². The van der Waals surface area contributed by atoms with E-state index in [0.717, 1.165) is 0 Å². The molecule has 8 nitrogen and oxygen atoms in total. The van der Waals surface area contributed by atoms with Crippen molar-refractivity contribution in [2.45, 2.75) is 0 Å². The zero-order valence-electron chi connectivity index (χ0n) is 16.2. The van der Waals surface area contributed by atoms with E-state index in [-0.39, 0.29) is 23.4 Å². The van der Waals surface area contributed by atoms with Gasteiger partial charge in [-0.1, -0.05) is 24.3 Å². The van der Waals surface area contributed by atoms with Gasteiger partial charge < -0.3 is 19.7 Å². The number of morpholine rings is 1. The molecule has 1 aromatic heterocycles. The van der Waals surface area contributed by atoms with Crippen molar-refractivity contribution in [3.8, 4) is 11.8 Å². The normalized spacial score (nSPS) is 13.5. The molecule has 0 aliphatic carbocycles. The van der Waals surface area contributed by atoms with Crippen LogP contribution in [0.5, 0.6) is 11.8 Å². The van der Waals surface area contributed by atoms with Gasteiger partial charge in [-0.05, 0) is 30.3 Å². The van der Waals surface area contributed by atoms with Crippen molar-refractivity contribution in [3.63, 3.8) is 0 Å². The molecule has 0 spiro atoms. The van der Waals surface area contributed by atoms with Gasteiger partial charge in [0.15, 0.2) is 0 Å². The predicted molar refractivity (Wildman–Crippen MR) is 110 cm³/mol. The second-order valence-corrected chi connectivity index (χ2v) is 6.61. The minimum absolute atomic E-state index is 0.0832. The summed E-state index contributed by atoms with van der Waals surface area (Å²) >= 11 is 0. The monoisotopic (exact) mass is 404 g/mol. The zero-order valence-corrected chi connectivity index (χ0v) is 16.2. The second kappa shape index (κ2) is 9.15. The summed E-state index contributed by atoms with van der Waals surface area (Å²) in [4.78, 5) is 35.0. The molecule has 1 saturated heterocycles. The third-order valence-electron chi connectivity index (χ3n) is 4.51. The van der Waals surface area contributed by atoms with E-state index in [1.807, 2.05) is 18.2 Å². The molecule has 0 bridgehead atoms. The van der Waals surface area contributed by atoms with Crippen molar-refractivity contribution in [2.75, 3.05) is 31.6 Å². The zero-order chi connectivity index (χ0) is 20.8. The number of ether oxygens (including phenoxy) is 2. The van der Waals surface area contributed by atoms with Gasteiger partial charge >= 0.3 is 6.01 Å². The number of carbonyl (C=O) groups excluding carboxylic acids is 2. The first-order valence-electron chi connectivity index (χ1n) is 9.52. The molecule has 0 atom stereocenters. The van der Waals surface area contributed by atoms with Crippen LogP contribution >= 0.6 is 0 Å². The number of para-hydroxylation sites is 1. The van der Waals surface area contributed by atoms with Crippen molar-refractivity contribution in [1.82, 2.24) is 14.9 Å². The number of carbonyl (C=O) groups is 2. The lowest BCUT2D eigenvalue weighted by atomic mass is 10.1. The Balaban J connectivity index is 1.40. The molecule has 0 radical (unpaired) electrons. The van der Waals surface area contributed by atoms with Crippen molar-refractivity contribution >= 4 is 17.5 Å². The van der Waals surface area contributed by atoms with Crippen LogP contribution in [0.2, 0.25) is 0 Å². The average molecular weight is 404 g/mol. The molecular weight excluding hydrogens is 384 g/mol. The van der Waals surface area contributed by atoms with Crippen LogP contribution in [0.15, 0.2) is 67.0 Å². The molecule has 0 unspecified atom stereocenters. The van der Waals surface area contributed by atoms with Crippen molar-refractivity contribution in [3.05, 3.63) is 78.1 Å². The lowest BCUT2D eigenvalue weighted by Crippen LogP contribution is -2.40. The van der Waals surface area contributed by atoms with Gasteiger partial charge in [-0.15, -0.1) is 0 Å². The summed E-state index contributed by atoms with van der Waals surface area (Å²) in [6.45, 7) is 2.19. The third kappa shape index (κ3) is 4.79. The molecule has 1 fully saturated rings. The maximum atomic E-state index is 12.6. The fraction of sp³-hybridized carbons (Fsp3) is 0.182. The molecule has 30 heavy (non-hydrogen) atoms. The van der Waals surface area contributed by atoms with Gasteiger partial charge in [0.1, 0.15) is 5.75 Å². The summed E-state index contributed by atoms with van der Waals surface area (Å²) in [5.41, 5.74) is 1.31. The van der Waals surface area contributed by atoms with Crippen molar-refractivity contribution in [1.29, 1.82) is 0 Å². The molecule has 1 aliphatic heterocycles. The van der Waals surface area contributed by atoms with E-state index in [1.54, 1.807) is 41.3 Å². The first-order chi connectivity index (χ1) is 14.7. The molecule has 8 heteroatoms. The van der Waals surface area contributed by atoms with E-state index >= 15 is 0 Å². The highest BCUT2D eigenvalue weighted by Gasteiger charge is 2.19. The van der Waals surface area contributed by atoms with Gasteiger partial charge in [0, 0.05) is 36.7 Å². The number of anilines is 1. The Kier molecular flexibility index (Phi) is 5.95. The van der Waals surface area contributed by atoms with Gasteiger partial charge in [0.25, 0.3) is 11.8 Å². The smallest absolute Gasteiger partial charge is 0.321 e. The van der Waals surface area contributed by atoms with Gasteiger partial charge in [-0.25, -0.2) is 9.97 Å². The van der Waals surface area contributed by atoms with Gasteiger partial charge in [0.05, 0.1) is 18.8 Å². The topological polar surface area (TPSA) is 93.7 Å². The number of nitrogens with zero attached hydrogens (tertiary/aromatic N) is 3. The largest absolute Gasteiger partial charge is 0.424 e. The molecule has 4 rings (SSSR count). The van der Waals surface area contributed by atoms with Crippen LogP contribution in [0.4, 0.5) is 5.69 Å². The Morgan fingerprint density at radius 3 is 2.40 bits per heavy atom. The highest BCUT2D eigenvalue weighted by atomic mass is 16.5. The van der Waals surface area contributed by atoms with E-state index in [9.17, 15) is 9.59 Å². The number of amides is 2. The molecule has 152 valence electrons. The summed E-state index contributed by atoms with van der Waals surface area (Å²) in [6.07, 6.45) is 2.78. The third-order valence-corrected chi connectivity index (χ3v) is 4.51. The van der Waals surface area contributed by atoms with Gasteiger partial charge in [-0.2, -0.15) is 0 Å². The van der Waals surface area contributed by atoms with Crippen LogP contribution in [-0.4, -0.2) is 53.0 Å². The number of hydrogen-bond acceptors (Lipinski definition) is 6. The lowest BCUT2D eigenvalue weighted by molar-refractivity contribution is 0.0303. The minimum atomic E-state index is -0.378. The summed E-state index contributed by atoms with van der Waals surface area (Å²) < 4.78 is 10.8. The maximum absolute atomic E-state index is 12.6. The molecule has 2 heterocycles. The summed E-state index contributed by atoms with van der Waals surface area (Å²) in [5.74, 6) is 0.147. The number of rotatable bonds is 5. The molecular formula is C22H20N4O4. The SMILES string of the molecule is O=C(Nc1cccc(C(=O)N2CCOCC2)c1)c1cnc(Oc2ccccc2)nc1. The molecule has 0 saturated carbocycles. The van der Waals surface area contributed by atoms with Gasteiger partial charge in [0.2, 0.25) is 0 Å². The Hall–Kier alpha value is -3.78. The number of nitrogens with one attached hydrogen (secondary N) is 1. The highest BCUT2D eigenvalue weighted by molar-refractivity contribution is 6.04. The van der Waals surface area contributed by atoms with Crippen LogP contribution in [0, 0.1) is 0 Å². The van der Waals surface area contributed by atoms with Crippen LogP contribution in [-0.2, 0) is 4.74 Å². The molecule has 3 aromatic rings. The predicted octanol–water partition coefficient (Wildman–Crippen LogP) is 2.99. The Morgan fingerprint density at radius 1 is 0.933 bits per heavy atom. The van der Waals surface area contributed by atoms with Crippen molar-refractivity contribution < 1.29 is 19.1 Å². The first kappa shape index (κ1) is 19.5. The Labute approximate surface area is 173 Å². The quantitative estimate of drug-likeness (QED) is 0.703. The summed E-state index contributed by atoms with van der Waals surface area (Å²) in [5, 5.41) is 2.77. The van der Waals surface area contributed by atoms with E-state index in [4.69, 9.17) is 9.47 Å². The van der Waals surface area contributed by atoms with E-state index < -0.39 is 0 Å². The number of benzene rings is 2. The first-order valence-corrected chi connectivity index (χ1v) is 9.52. The minimum Gasteiger partial charge on any atom is -0.424 e. The summed E-state index contributed by atoms with van der Waals surface area (Å²) in [6, 6.07) is 16.1. The number of aromatic nitrogens is 2. The van der Waals surface area contributed by atoms with E-state index in [1.165, 1.54) is 12.4 Å². The molecule has 1 aliphatic rings. The number of hydrogen-bond donors (Lipinski definition) is 1. The second-order valence-electron chi connectivity index (χ2n) is 6.61. The van der Waals surface area contributed by atoms with Crippen LogP contribution in [0.1, 0.15) is 20.7 Å². The van der Waals surface area contributed by atoms with E-state index in [2.05, 4.69) is 15.3 Å². The maximum Gasteiger partial charge on any atom is 0.321 e. The van der Waals surface area contributed by atoms with E-state index in [0.29, 0.717) is 43.3 Å². The molecule has 2 aromatic carbocycles. The van der Waals surface area contributed by atoms with Crippen LogP contribution in [0.3, 0.4) is 0 Å². The highest BCUT2D eigenvalue weighted by Crippen LogP contribution is 2.17. The van der Waals surface area contributed by atoms with Gasteiger partial charge in [-0.3, -0.25) is 9.59 Å². The standard InChI is InChI=1S/C22H20N4O4/c27-20(17-14-23-22(24-15-17)30-19-7-2-1-3-8-19)25-18-6-4-5-16(13-18)21(28)26-9-11-29-12-10-26/h1-8,13-15H,9-12H2,(H,25,27). The fourth-order valence-electron chi connectivity index (χ4n) is 2.96. The van der Waals surface area contributed by atoms with Crippen LogP contribution in [0.25, 0.3) is 0 Å². The summed E-state index contributed by atoms with van der Waals surface area (Å²) in [7, 11) is 0. The fourth-order valence-corrected chi connectivity index (χ4v) is 2.96. The molecule has 1 N–H and O–H groups in total. The lowest BCUT2D eigenvalue weighted by Gasteiger charge is -2.27. The van der Waals surface area contributed by atoms with Crippen LogP contribution < -0.4 is 10.1 Å². The Morgan fingerprint density at radius 2 is 1.67 bits per heavy atom. The Bertz CT molecular complexity index is 1020. The molecule has 2 amide bonds.